The van der Waals surface area contributed by atoms with Crippen molar-refractivity contribution in [3.63, 3.8) is 0 Å². The summed E-state index contributed by atoms with van der Waals surface area (Å²) in [5, 5.41) is 5.10. The third-order valence-electron chi connectivity index (χ3n) is 6.82. The standard InChI is InChI=1S/C26H18N.C12H10N.Ir/c1-18-13-14-26(27-17-18)21-9-6-8-19(15-21)25-16-20-7-2-3-10-22(20)23-11-4-5-12-24(23)25;1-10-7-8-12(13-9-10)11-5-3-2-4-6-11;/h2-8,10-17H,1H3;2-5,7-9H,1H3;/q2*-1;/i;1D3;. The molecule has 0 fully saturated rings. The first-order valence-electron chi connectivity index (χ1n) is 14.7. The first kappa shape index (κ1) is 24.4. The molecule has 2 heterocycles. The summed E-state index contributed by atoms with van der Waals surface area (Å²) in [5.74, 6) is 0. The summed E-state index contributed by atoms with van der Waals surface area (Å²) < 4.78 is 21.7. The van der Waals surface area contributed by atoms with Crippen LogP contribution < -0.4 is 0 Å². The fraction of sp³-hybridized carbons (Fsp3) is 0.0526. The summed E-state index contributed by atoms with van der Waals surface area (Å²) in [7, 11) is 0. The van der Waals surface area contributed by atoms with Crippen molar-refractivity contribution in [2.45, 2.75) is 13.8 Å². The summed E-state index contributed by atoms with van der Waals surface area (Å²) in [6.07, 6.45) is 3.30. The van der Waals surface area contributed by atoms with Gasteiger partial charge in [0.05, 0.1) is 0 Å². The van der Waals surface area contributed by atoms with Crippen LogP contribution in [0.15, 0.2) is 134 Å². The maximum Gasteiger partial charge on any atom is 0.0280 e. The minimum Gasteiger partial charge on any atom is -0.304 e. The average molecular weight is 708 g/mol. The summed E-state index contributed by atoms with van der Waals surface area (Å²) >= 11 is 0. The van der Waals surface area contributed by atoms with Gasteiger partial charge in [-0.05, 0) is 69.5 Å². The van der Waals surface area contributed by atoms with Gasteiger partial charge in [0.25, 0.3) is 0 Å². The van der Waals surface area contributed by atoms with Gasteiger partial charge in [0.15, 0.2) is 0 Å². The predicted octanol–water partition coefficient (Wildman–Crippen LogP) is 9.69. The summed E-state index contributed by atoms with van der Waals surface area (Å²) in [4.78, 5) is 8.69. The van der Waals surface area contributed by atoms with Crippen LogP contribution in [-0.4, -0.2) is 9.97 Å². The molecule has 0 saturated heterocycles. The normalized spacial score (nSPS) is 11.9. The van der Waals surface area contributed by atoms with Crippen LogP contribution in [0.5, 0.6) is 0 Å². The molecule has 201 valence electrons. The molecular formula is C38H28IrN2-2. The number of fused-ring (bicyclic) bond motifs is 3. The number of benzene rings is 5. The number of nitrogens with zero attached hydrogens (tertiary/aromatic N) is 2. The Morgan fingerprint density at radius 3 is 1.95 bits per heavy atom. The largest absolute Gasteiger partial charge is 0.304 e. The molecule has 0 aliphatic heterocycles. The second-order valence-corrected chi connectivity index (χ2v) is 9.61. The fourth-order valence-corrected chi connectivity index (χ4v) is 4.81. The molecule has 0 aliphatic carbocycles. The van der Waals surface area contributed by atoms with E-state index >= 15 is 0 Å². The Labute approximate surface area is 259 Å². The summed E-state index contributed by atoms with van der Waals surface area (Å²) in [6.45, 7) is -0.0376. The Hall–Kier alpha value is -4.43. The molecule has 0 atom stereocenters. The second-order valence-electron chi connectivity index (χ2n) is 9.61. The maximum absolute atomic E-state index is 7.23. The van der Waals surface area contributed by atoms with Gasteiger partial charge in [-0.1, -0.05) is 72.8 Å². The number of aromatic nitrogens is 2. The molecule has 1 radical (unpaired) electrons. The van der Waals surface area contributed by atoms with Crippen molar-refractivity contribution in [2.24, 2.45) is 0 Å². The molecule has 5 aromatic carbocycles. The first-order chi connectivity index (χ1) is 20.9. The number of rotatable bonds is 3. The Morgan fingerprint density at radius 2 is 1.24 bits per heavy atom. The van der Waals surface area contributed by atoms with E-state index in [1.807, 2.05) is 30.5 Å². The molecule has 0 bridgehead atoms. The van der Waals surface area contributed by atoms with Crippen LogP contribution in [0.3, 0.4) is 0 Å². The quantitative estimate of drug-likeness (QED) is 0.135. The molecule has 0 amide bonds. The van der Waals surface area contributed by atoms with Crippen LogP contribution >= 0.6 is 0 Å². The molecule has 7 rings (SSSR count). The summed E-state index contributed by atoms with van der Waals surface area (Å²) in [5.41, 5.74) is 7.41. The minimum absolute atomic E-state index is 0. The van der Waals surface area contributed by atoms with Crippen LogP contribution in [0.25, 0.3) is 55.2 Å². The van der Waals surface area contributed by atoms with Gasteiger partial charge in [0.1, 0.15) is 0 Å². The van der Waals surface area contributed by atoms with E-state index in [0.717, 1.165) is 28.1 Å². The van der Waals surface area contributed by atoms with Gasteiger partial charge >= 0.3 is 0 Å². The van der Waals surface area contributed by atoms with Crippen molar-refractivity contribution in [1.29, 1.82) is 0 Å². The van der Waals surface area contributed by atoms with E-state index in [1.54, 1.807) is 18.2 Å². The number of hydrogen-bond donors (Lipinski definition) is 0. The van der Waals surface area contributed by atoms with Gasteiger partial charge in [0.2, 0.25) is 0 Å². The van der Waals surface area contributed by atoms with E-state index in [9.17, 15) is 0 Å². The molecule has 0 spiro atoms. The Morgan fingerprint density at radius 1 is 0.585 bits per heavy atom. The number of pyridine rings is 2. The Bertz CT molecular complexity index is 2000. The van der Waals surface area contributed by atoms with Crippen LogP contribution in [0.1, 0.15) is 15.2 Å². The summed E-state index contributed by atoms with van der Waals surface area (Å²) in [6, 6.07) is 47.1. The van der Waals surface area contributed by atoms with Crippen LogP contribution in [0.4, 0.5) is 0 Å². The third kappa shape index (κ3) is 6.33. The zero-order valence-electron chi connectivity index (χ0n) is 25.4. The Kier molecular flexibility index (Phi) is 7.62. The average Bonchev–Trinajstić information content (AvgIpc) is 3.05. The molecule has 41 heavy (non-hydrogen) atoms. The maximum atomic E-state index is 7.23. The van der Waals surface area contributed by atoms with Gasteiger partial charge in [-0.3, -0.25) is 0 Å². The van der Waals surface area contributed by atoms with E-state index < -0.39 is 6.85 Å². The van der Waals surface area contributed by atoms with Crippen LogP contribution in [0.2, 0.25) is 0 Å². The molecule has 2 nitrogen and oxygen atoms in total. The molecule has 0 N–H and O–H groups in total. The first-order valence-corrected chi connectivity index (χ1v) is 13.2. The van der Waals surface area contributed by atoms with E-state index in [-0.39, 0.29) is 25.7 Å². The monoisotopic (exact) mass is 708 g/mol. The van der Waals surface area contributed by atoms with Crippen molar-refractivity contribution >= 4 is 21.5 Å². The molecular weight excluding hydrogens is 677 g/mol. The van der Waals surface area contributed by atoms with Crippen LogP contribution in [0, 0.1) is 25.9 Å². The van der Waals surface area contributed by atoms with Gasteiger partial charge in [0, 0.05) is 36.6 Å². The smallest absolute Gasteiger partial charge is 0.0280 e. The number of hydrogen-bond acceptors (Lipinski definition) is 2. The molecule has 7 aromatic rings. The molecule has 2 aromatic heterocycles. The van der Waals surface area contributed by atoms with Crippen molar-refractivity contribution in [1.82, 2.24) is 9.97 Å². The van der Waals surface area contributed by atoms with Gasteiger partial charge in [-0.2, -0.15) is 0 Å². The zero-order valence-corrected chi connectivity index (χ0v) is 24.8. The predicted molar refractivity (Wildman–Crippen MR) is 167 cm³/mol. The van der Waals surface area contributed by atoms with Gasteiger partial charge in [-0.15, -0.1) is 71.3 Å². The third-order valence-corrected chi connectivity index (χ3v) is 6.82. The van der Waals surface area contributed by atoms with Gasteiger partial charge < -0.3 is 9.97 Å². The van der Waals surface area contributed by atoms with Gasteiger partial charge in [-0.25, -0.2) is 0 Å². The molecule has 3 heteroatoms. The van der Waals surface area contributed by atoms with E-state index in [2.05, 4.69) is 108 Å². The van der Waals surface area contributed by atoms with Crippen LogP contribution in [-0.2, 0) is 20.1 Å². The van der Waals surface area contributed by atoms with Crippen molar-refractivity contribution < 1.29 is 24.2 Å². The molecule has 0 unspecified atom stereocenters. The molecule has 0 saturated carbocycles. The SMILES string of the molecule is Cc1ccc(-c2[c-]ccc(-c3cc4ccccc4c4ccccc34)c2)nc1.[2H]C([2H])([2H])c1ccc(-c2[c-]cccc2)nc1.[Ir]. The topological polar surface area (TPSA) is 25.8 Å². The van der Waals surface area contributed by atoms with Crippen molar-refractivity contribution in [2.75, 3.05) is 0 Å². The Balaban J connectivity index is 0.000000194. The second kappa shape index (κ2) is 12.8. The fourth-order valence-electron chi connectivity index (χ4n) is 4.81. The van der Waals surface area contributed by atoms with Crippen molar-refractivity contribution in [3.05, 3.63) is 157 Å². The minimum atomic E-state index is -2.09. The van der Waals surface area contributed by atoms with E-state index in [0.29, 0.717) is 0 Å². The number of aryl methyl sites for hydroxylation is 2. The zero-order chi connectivity index (χ0) is 29.8. The van der Waals surface area contributed by atoms with E-state index in [1.165, 1.54) is 38.9 Å². The van der Waals surface area contributed by atoms with E-state index in [4.69, 9.17) is 4.11 Å². The molecule has 0 aliphatic rings. The van der Waals surface area contributed by atoms with Crippen molar-refractivity contribution in [3.8, 4) is 33.6 Å².